The molecule has 2 heterocycles. The molecule has 2 amide bonds. The summed E-state index contributed by atoms with van der Waals surface area (Å²) in [5.41, 5.74) is 1.75. The minimum Gasteiger partial charge on any atom is -0.454 e. The average Bonchev–Trinajstić information content (AvgIpc) is 3.24. The molecule has 0 unspecified atom stereocenters. The van der Waals surface area contributed by atoms with Crippen molar-refractivity contribution in [2.75, 3.05) is 12.1 Å². The summed E-state index contributed by atoms with van der Waals surface area (Å²) in [6.45, 7) is 0.254. The fraction of sp³-hybridized carbons (Fsp3) is 0.412. The number of anilines is 1. The van der Waals surface area contributed by atoms with E-state index in [4.69, 9.17) is 9.47 Å². The molecule has 1 aromatic carbocycles. The number of benzene rings is 1. The number of ether oxygens (including phenoxy) is 2. The van der Waals surface area contributed by atoms with Crippen LogP contribution < -0.4 is 20.1 Å². The van der Waals surface area contributed by atoms with E-state index in [0.29, 0.717) is 5.13 Å². The predicted octanol–water partition coefficient (Wildman–Crippen LogP) is 3.99. The molecule has 126 valence electrons. The Labute approximate surface area is 144 Å². The lowest BCUT2D eigenvalue weighted by atomic mass is 9.96. The Morgan fingerprint density at radius 1 is 1.17 bits per heavy atom. The Hall–Kier alpha value is -2.28. The number of thiazole rings is 1. The number of carbonyl (C=O) groups excluding carboxylic acids is 1. The van der Waals surface area contributed by atoms with Crippen LogP contribution in [0.5, 0.6) is 11.5 Å². The first-order valence-corrected chi connectivity index (χ1v) is 9.09. The van der Waals surface area contributed by atoms with Gasteiger partial charge in [-0.2, -0.15) is 0 Å². The van der Waals surface area contributed by atoms with Gasteiger partial charge in [-0.1, -0.05) is 19.3 Å². The van der Waals surface area contributed by atoms with Crippen LogP contribution in [-0.4, -0.2) is 23.8 Å². The number of urea groups is 1. The van der Waals surface area contributed by atoms with Crippen LogP contribution in [-0.2, 0) is 0 Å². The first-order chi connectivity index (χ1) is 11.8. The second-order valence-electron chi connectivity index (χ2n) is 6.04. The predicted molar refractivity (Wildman–Crippen MR) is 92.7 cm³/mol. The summed E-state index contributed by atoms with van der Waals surface area (Å²) in [6.07, 6.45) is 5.78. The van der Waals surface area contributed by atoms with E-state index in [1.165, 1.54) is 30.6 Å². The van der Waals surface area contributed by atoms with Gasteiger partial charge in [0, 0.05) is 17.0 Å². The van der Waals surface area contributed by atoms with Crippen molar-refractivity contribution in [3.05, 3.63) is 23.6 Å². The third kappa shape index (κ3) is 3.31. The van der Waals surface area contributed by atoms with Crippen LogP contribution >= 0.6 is 11.3 Å². The zero-order chi connectivity index (χ0) is 16.4. The number of hydrogen-bond acceptors (Lipinski definition) is 5. The van der Waals surface area contributed by atoms with Gasteiger partial charge in [-0.05, 0) is 31.0 Å². The van der Waals surface area contributed by atoms with Gasteiger partial charge >= 0.3 is 6.03 Å². The SMILES string of the molecule is O=C(Nc1nc(-c2ccc3c(c2)OCO3)cs1)NC1CCCCC1. The van der Waals surface area contributed by atoms with Crippen LogP contribution in [0.2, 0.25) is 0 Å². The summed E-state index contributed by atoms with van der Waals surface area (Å²) in [5.74, 6) is 1.48. The summed E-state index contributed by atoms with van der Waals surface area (Å²) < 4.78 is 10.7. The van der Waals surface area contributed by atoms with Crippen LogP contribution in [0, 0.1) is 0 Å². The maximum absolute atomic E-state index is 12.1. The zero-order valence-electron chi connectivity index (χ0n) is 13.2. The van der Waals surface area contributed by atoms with Crippen molar-refractivity contribution in [2.45, 2.75) is 38.1 Å². The van der Waals surface area contributed by atoms with Crippen LogP contribution in [0.4, 0.5) is 9.93 Å². The van der Waals surface area contributed by atoms with Gasteiger partial charge in [0.15, 0.2) is 16.6 Å². The van der Waals surface area contributed by atoms with Gasteiger partial charge in [-0.15, -0.1) is 11.3 Å². The summed E-state index contributed by atoms with van der Waals surface area (Å²) in [5, 5.41) is 8.38. The maximum Gasteiger partial charge on any atom is 0.321 e. The van der Waals surface area contributed by atoms with E-state index < -0.39 is 0 Å². The molecule has 6 nitrogen and oxygen atoms in total. The third-order valence-corrected chi connectivity index (χ3v) is 5.09. The Kier molecular flexibility index (Phi) is 4.25. The molecule has 0 atom stereocenters. The summed E-state index contributed by atoms with van der Waals surface area (Å²) in [4.78, 5) is 16.6. The highest BCUT2D eigenvalue weighted by atomic mass is 32.1. The van der Waals surface area contributed by atoms with Gasteiger partial charge in [0.1, 0.15) is 0 Å². The molecule has 24 heavy (non-hydrogen) atoms. The van der Waals surface area contributed by atoms with Crippen LogP contribution in [0.25, 0.3) is 11.3 Å². The van der Waals surface area contributed by atoms with Crippen molar-refractivity contribution in [2.24, 2.45) is 0 Å². The molecule has 1 aromatic heterocycles. The lowest BCUT2D eigenvalue weighted by Crippen LogP contribution is -2.38. The molecular formula is C17H19N3O3S. The Bertz CT molecular complexity index is 740. The first-order valence-electron chi connectivity index (χ1n) is 8.21. The largest absolute Gasteiger partial charge is 0.454 e. The monoisotopic (exact) mass is 345 g/mol. The Balaban J connectivity index is 1.40. The van der Waals surface area contributed by atoms with E-state index in [1.54, 1.807) is 0 Å². The number of carbonyl (C=O) groups is 1. The summed E-state index contributed by atoms with van der Waals surface area (Å²) in [7, 11) is 0. The first kappa shape index (κ1) is 15.3. The van der Waals surface area contributed by atoms with Gasteiger partial charge in [-0.3, -0.25) is 5.32 Å². The van der Waals surface area contributed by atoms with Crippen LogP contribution in [0.15, 0.2) is 23.6 Å². The fourth-order valence-electron chi connectivity index (χ4n) is 3.09. The quantitative estimate of drug-likeness (QED) is 0.882. The number of hydrogen-bond donors (Lipinski definition) is 2. The van der Waals surface area contributed by atoms with Crippen molar-refractivity contribution < 1.29 is 14.3 Å². The minimum atomic E-state index is -0.173. The molecule has 0 radical (unpaired) electrons. The molecule has 0 bridgehead atoms. The van der Waals surface area contributed by atoms with Crippen molar-refractivity contribution in [1.82, 2.24) is 10.3 Å². The Morgan fingerprint density at radius 2 is 2.00 bits per heavy atom. The van der Waals surface area contributed by atoms with Crippen molar-refractivity contribution in [3.63, 3.8) is 0 Å². The lowest BCUT2D eigenvalue weighted by Gasteiger charge is -2.22. The van der Waals surface area contributed by atoms with E-state index in [1.807, 2.05) is 23.6 Å². The summed E-state index contributed by atoms with van der Waals surface area (Å²) >= 11 is 1.41. The normalized spacial score (nSPS) is 16.8. The third-order valence-electron chi connectivity index (χ3n) is 4.33. The van der Waals surface area contributed by atoms with Crippen LogP contribution in [0.1, 0.15) is 32.1 Å². The topological polar surface area (TPSA) is 72.5 Å². The van der Waals surface area contributed by atoms with E-state index >= 15 is 0 Å². The molecule has 0 spiro atoms. The van der Waals surface area contributed by atoms with Gasteiger partial charge in [0.2, 0.25) is 6.79 Å². The van der Waals surface area contributed by atoms with E-state index in [0.717, 1.165) is 35.6 Å². The highest BCUT2D eigenvalue weighted by Gasteiger charge is 2.17. The summed E-state index contributed by atoms with van der Waals surface area (Å²) in [6, 6.07) is 5.83. The van der Waals surface area contributed by atoms with Gasteiger partial charge in [-0.25, -0.2) is 9.78 Å². The fourth-order valence-corrected chi connectivity index (χ4v) is 3.80. The molecular weight excluding hydrogens is 326 g/mol. The Morgan fingerprint density at radius 3 is 2.88 bits per heavy atom. The van der Waals surface area contributed by atoms with Gasteiger partial charge in [0.05, 0.1) is 5.69 Å². The molecule has 2 aromatic rings. The molecule has 1 fully saturated rings. The number of nitrogens with one attached hydrogen (secondary N) is 2. The second kappa shape index (κ2) is 6.68. The molecule has 1 aliphatic heterocycles. The molecule has 1 saturated carbocycles. The number of aromatic nitrogens is 1. The molecule has 0 saturated heterocycles. The van der Waals surface area contributed by atoms with E-state index in [9.17, 15) is 4.79 Å². The molecule has 2 N–H and O–H groups in total. The maximum atomic E-state index is 12.1. The highest BCUT2D eigenvalue weighted by molar-refractivity contribution is 7.14. The number of nitrogens with zero attached hydrogens (tertiary/aromatic N) is 1. The molecule has 2 aliphatic rings. The average molecular weight is 345 g/mol. The van der Waals surface area contributed by atoms with Crippen molar-refractivity contribution in [1.29, 1.82) is 0 Å². The van der Waals surface area contributed by atoms with Gasteiger partial charge < -0.3 is 14.8 Å². The highest BCUT2D eigenvalue weighted by Crippen LogP contribution is 2.36. The smallest absolute Gasteiger partial charge is 0.321 e. The number of rotatable bonds is 3. The number of fused-ring (bicyclic) bond motifs is 1. The van der Waals surface area contributed by atoms with Crippen molar-refractivity contribution >= 4 is 22.5 Å². The molecule has 1 aliphatic carbocycles. The molecule has 4 rings (SSSR count). The number of amides is 2. The lowest BCUT2D eigenvalue weighted by molar-refractivity contribution is 0.174. The second-order valence-corrected chi connectivity index (χ2v) is 6.90. The van der Waals surface area contributed by atoms with Crippen LogP contribution in [0.3, 0.4) is 0 Å². The standard InChI is InChI=1S/C17H19N3O3S/c21-16(18-12-4-2-1-3-5-12)20-17-19-13(9-24-17)11-6-7-14-15(8-11)23-10-22-14/h6-9,12H,1-5,10H2,(H2,18,19,20,21). The minimum absolute atomic E-state index is 0.173. The van der Waals surface area contributed by atoms with Crippen molar-refractivity contribution in [3.8, 4) is 22.8 Å². The zero-order valence-corrected chi connectivity index (χ0v) is 14.0. The van der Waals surface area contributed by atoms with E-state index in [2.05, 4.69) is 15.6 Å². The van der Waals surface area contributed by atoms with Gasteiger partial charge in [0.25, 0.3) is 0 Å². The van der Waals surface area contributed by atoms with E-state index in [-0.39, 0.29) is 18.9 Å². The molecule has 7 heteroatoms.